The quantitative estimate of drug-likeness (QED) is 0.0264. The van der Waals surface area contributed by atoms with Crippen molar-refractivity contribution in [3.8, 4) is 22.3 Å². The van der Waals surface area contributed by atoms with E-state index in [1.54, 1.807) is 72.8 Å². The number of hydrogen-bond donors (Lipinski definition) is 7. The number of nitrogens with zero attached hydrogens (tertiary/aromatic N) is 7. The number of fused-ring (bicyclic) bond motifs is 2. The molecule has 3 fully saturated rings. The number of rotatable bonds is 25. The Bertz CT molecular complexity index is 4680. The molecule has 0 unspecified atom stereocenters. The summed E-state index contributed by atoms with van der Waals surface area (Å²) in [4.78, 5) is 66.0. The normalized spacial score (nSPS) is 14.5. The second kappa shape index (κ2) is 35.5. The molecule has 0 radical (unpaired) electrons. The van der Waals surface area contributed by atoms with Gasteiger partial charge in [-0.3, -0.25) is 24.1 Å². The fourth-order valence-corrected chi connectivity index (χ4v) is 13.9. The van der Waals surface area contributed by atoms with Crippen LogP contribution in [0.25, 0.3) is 44.3 Å². The van der Waals surface area contributed by atoms with Gasteiger partial charge in [-0.25, -0.2) is 28.1 Å². The predicted molar refractivity (Wildman–Crippen MR) is 404 cm³/mol. The minimum absolute atomic E-state index is 0.185. The lowest BCUT2D eigenvalue weighted by atomic mass is 10.00. The summed E-state index contributed by atoms with van der Waals surface area (Å²) in [5, 5.41) is 33.9. The van der Waals surface area contributed by atoms with Crippen molar-refractivity contribution in [1.29, 1.82) is 0 Å². The van der Waals surface area contributed by atoms with E-state index in [-0.39, 0.29) is 73.5 Å². The molecule has 0 aliphatic carbocycles. The summed E-state index contributed by atoms with van der Waals surface area (Å²) in [7, 11) is 0. The Kier molecular flexibility index (Phi) is 25.2. The molecule has 4 aromatic heterocycles. The number of benzene rings is 6. The second-order valence-electron chi connectivity index (χ2n) is 26.4. The minimum atomic E-state index is -0.357. The average Bonchev–Trinajstić information content (AvgIpc) is 1.56. The lowest BCUT2D eigenvalue weighted by molar-refractivity contribution is 0.0903. The van der Waals surface area contributed by atoms with Gasteiger partial charge in [0.2, 0.25) is 0 Å². The van der Waals surface area contributed by atoms with Crippen molar-refractivity contribution in [3.05, 3.63) is 225 Å². The zero-order valence-electron chi connectivity index (χ0n) is 59.5. The van der Waals surface area contributed by atoms with E-state index in [0.717, 1.165) is 149 Å². The molecule has 6 aromatic carbocycles. The van der Waals surface area contributed by atoms with Crippen LogP contribution in [0, 0.1) is 11.6 Å². The second-order valence-corrected chi connectivity index (χ2v) is 26.7. The third kappa shape index (κ3) is 18.1. The number of anilines is 2. The highest BCUT2D eigenvalue weighted by molar-refractivity contribution is 6.17. The number of carbonyl (C=O) groups is 4. The molecule has 3 saturated heterocycles. The van der Waals surface area contributed by atoms with Crippen LogP contribution in [-0.4, -0.2) is 123 Å². The first-order chi connectivity index (χ1) is 50.8. The molecular weight excluding hydrogens is 1340 g/mol. The maximum absolute atomic E-state index is 15.2. The molecule has 104 heavy (non-hydrogen) atoms. The highest BCUT2D eigenvalue weighted by atomic mass is 35.5. The molecule has 20 nitrogen and oxygen atoms in total. The Morgan fingerprint density at radius 2 is 0.942 bits per heavy atom. The van der Waals surface area contributed by atoms with Crippen LogP contribution in [0.5, 0.6) is 0 Å². The number of nitrogens with one attached hydrogen (secondary N) is 7. The molecule has 7 heterocycles. The van der Waals surface area contributed by atoms with E-state index < -0.39 is 0 Å². The third-order valence-electron chi connectivity index (χ3n) is 19.4. The number of ether oxygens (including phenoxy) is 2. The molecule has 23 heteroatoms. The fourth-order valence-electron chi connectivity index (χ4n) is 13.7. The summed E-state index contributed by atoms with van der Waals surface area (Å²) in [6.45, 7) is 18.1. The van der Waals surface area contributed by atoms with E-state index in [9.17, 15) is 23.6 Å². The Morgan fingerprint density at radius 3 is 1.38 bits per heavy atom. The van der Waals surface area contributed by atoms with Crippen LogP contribution < -0.4 is 37.2 Å². The van der Waals surface area contributed by atoms with Gasteiger partial charge >= 0.3 is 0 Å². The van der Waals surface area contributed by atoms with Crippen LogP contribution in [0.15, 0.2) is 146 Å². The van der Waals surface area contributed by atoms with Crippen molar-refractivity contribution < 1.29 is 37.4 Å². The molecule has 0 spiro atoms. The zero-order valence-corrected chi connectivity index (χ0v) is 60.2. The standard InChI is InChI=1S/C43H51FN8O3.C38H40ClFN6O3/c1-3-39-36(40(49-34-14-20-55-21-15-34)37-27-48-52(4-2)41(37)50-39)26-47-43(54)33-11-6-10-32(24-33)42(53)46-25-29-12-13-38(44)35(23-29)31-9-5-8-30(22-31)28-51-18-7-16-45-17-19-51;1-3-34-31(35(44-29-13-15-49-16-14-29)32-23-43-46(4-2)36(32)45-34)22-42-38(48)28-10-6-9-27(19-28)37(47)41-21-25-11-12-33(40)30(18-25)26-8-5-7-24(17-26)20-39/h5-6,8-13,22-24,27,34,45H,3-4,7,14-21,25-26,28H2,1-2H3,(H,46,53)(H,47,54)(H,49,50);5-12,17-19,23,29H,3-4,13-16,20-22H2,1-2H3,(H,41,47)(H,42,48)(H,44,45). The highest BCUT2D eigenvalue weighted by Gasteiger charge is 2.26. The van der Waals surface area contributed by atoms with Crippen LogP contribution in [0.2, 0.25) is 0 Å². The van der Waals surface area contributed by atoms with E-state index >= 15 is 4.39 Å². The molecule has 3 aliphatic rings. The molecule has 0 saturated carbocycles. The van der Waals surface area contributed by atoms with Crippen LogP contribution in [0.1, 0.15) is 146 Å². The van der Waals surface area contributed by atoms with Gasteiger partial charge in [0, 0.05) is 159 Å². The number of aryl methyl sites for hydroxylation is 4. The van der Waals surface area contributed by atoms with Gasteiger partial charge in [-0.2, -0.15) is 10.2 Å². The molecule has 542 valence electrons. The van der Waals surface area contributed by atoms with Gasteiger partial charge < -0.3 is 46.7 Å². The van der Waals surface area contributed by atoms with Gasteiger partial charge in [0.1, 0.15) is 11.6 Å². The van der Waals surface area contributed by atoms with E-state index in [1.165, 1.54) is 12.1 Å². The molecule has 4 amide bonds. The largest absolute Gasteiger partial charge is 0.381 e. The summed E-state index contributed by atoms with van der Waals surface area (Å²) in [6.07, 6.45) is 9.72. The van der Waals surface area contributed by atoms with Gasteiger partial charge in [0.15, 0.2) is 11.3 Å². The predicted octanol–water partition coefficient (Wildman–Crippen LogP) is 13.1. The van der Waals surface area contributed by atoms with Gasteiger partial charge in [0.05, 0.1) is 34.5 Å². The lowest BCUT2D eigenvalue weighted by Gasteiger charge is -2.26. The molecule has 10 aromatic rings. The van der Waals surface area contributed by atoms with Gasteiger partial charge in [-0.15, -0.1) is 11.6 Å². The SMILES string of the molecule is CCc1nc2c(cnn2CC)c(NC2CCOCC2)c1CNC(=O)c1cccc(C(=O)NCc2ccc(F)c(-c3cccc(CCl)c3)c2)c1.CCc1nc2c(cnn2CC)c(NC2CCOCC2)c1CNC(=O)c1cccc(C(=O)NCc2ccc(F)c(-c3cccc(CN4CCCNCC4)c3)c2)c1. The minimum Gasteiger partial charge on any atom is -0.381 e. The number of carbonyl (C=O) groups excluding carboxylic acids is 4. The number of amides is 4. The van der Waals surface area contributed by atoms with Crippen LogP contribution in [0.3, 0.4) is 0 Å². The summed E-state index contributed by atoms with van der Waals surface area (Å²) >= 11 is 5.97. The van der Waals surface area contributed by atoms with E-state index in [2.05, 4.69) is 78.3 Å². The first kappa shape index (κ1) is 73.8. The van der Waals surface area contributed by atoms with E-state index in [4.69, 9.17) is 31.0 Å². The molecule has 7 N–H and O–H groups in total. The Hall–Kier alpha value is -9.97. The van der Waals surface area contributed by atoms with E-state index in [1.807, 2.05) is 72.0 Å². The fraction of sp³-hybridized carbons (Fsp3) is 0.358. The van der Waals surface area contributed by atoms with Gasteiger partial charge in [0.25, 0.3) is 23.6 Å². The van der Waals surface area contributed by atoms with Crippen molar-refractivity contribution in [2.24, 2.45) is 0 Å². The summed E-state index contributed by atoms with van der Waals surface area (Å²) in [6, 6.07) is 38.9. The summed E-state index contributed by atoms with van der Waals surface area (Å²) in [5.41, 5.74) is 14.6. The molecular formula is C81H91ClF2N14O6. The summed E-state index contributed by atoms with van der Waals surface area (Å²) < 4.78 is 44.8. The lowest BCUT2D eigenvalue weighted by Crippen LogP contribution is -2.30. The first-order valence-electron chi connectivity index (χ1n) is 36.3. The number of alkyl halides is 1. The zero-order chi connectivity index (χ0) is 72.5. The highest BCUT2D eigenvalue weighted by Crippen LogP contribution is 2.35. The van der Waals surface area contributed by atoms with E-state index in [0.29, 0.717) is 97.2 Å². The monoisotopic (exact) mass is 1430 g/mol. The third-order valence-corrected chi connectivity index (χ3v) is 19.7. The maximum Gasteiger partial charge on any atom is 0.251 e. The number of aromatic nitrogens is 6. The Balaban J connectivity index is 0.000000197. The number of halogens is 3. The molecule has 0 bridgehead atoms. The first-order valence-corrected chi connectivity index (χ1v) is 36.8. The van der Waals surface area contributed by atoms with Gasteiger partial charge in [-0.05, 0) is 178 Å². The Morgan fingerprint density at radius 1 is 0.510 bits per heavy atom. The Labute approximate surface area is 610 Å². The number of pyridine rings is 2. The van der Waals surface area contributed by atoms with Crippen molar-refractivity contribution in [2.45, 2.75) is 136 Å². The van der Waals surface area contributed by atoms with Crippen LogP contribution in [0.4, 0.5) is 20.2 Å². The smallest absolute Gasteiger partial charge is 0.251 e. The van der Waals surface area contributed by atoms with Crippen molar-refractivity contribution >= 4 is 68.7 Å². The number of hydrogen-bond acceptors (Lipinski definition) is 14. The van der Waals surface area contributed by atoms with Crippen LogP contribution in [-0.2, 0) is 74.0 Å². The van der Waals surface area contributed by atoms with Gasteiger partial charge in [-0.1, -0.05) is 74.5 Å². The molecule has 3 aliphatic heterocycles. The van der Waals surface area contributed by atoms with Crippen molar-refractivity contribution in [1.82, 2.24) is 61.0 Å². The molecule has 0 atom stereocenters. The average molecular weight is 1430 g/mol. The van der Waals surface area contributed by atoms with Crippen LogP contribution >= 0.6 is 11.6 Å². The molecule has 13 rings (SSSR count). The van der Waals surface area contributed by atoms with Crippen molar-refractivity contribution in [3.63, 3.8) is 0 Å². The maximum atomic E-state index is 15.2. The summed E-state index contributed by atoms with van der Waals surface area (Å²) in [5.74, 6) is -1.61. The topological polar surface area (TPSA) is 236 Å². The van der Waals surface area contributed by atoms with Crippen molar-refractivity contribution in [2.75, 3.05) is 63.2 Å².